The van der Waals surface area contributed by atoms with E-state index < -0.39 is 24.0 Å². The van der Waals surface area contributed by atoms with Gasteiger partial charge in [0.25, 0.3) is 0 Å². The van der Waals surface area contributed by atoms with Crippen molar-refractivity contribution in [2.75, 3.05) is 12.3 Å². The molecule has 0 saturated heterocycles. The second-order valence-corrected chi connectivity index (χ2v) is 4.37. The molecule has 0 aliphatic rings. The number of thiol groups is 1. The lowest BCUT2D eigenvalue weighted by Gasteiger charge is -2.08. The van der Waals surface area contributed by atoms with Crippen molar-refractivity contribution >= 4 is 30.5 Å². The highest BCUT2D eigenvalue weighted by Crippen LogP contribution is 1.96. The summed E-state index contributed by atoms with van der Waals surface area (Å²) < 4.78 is 0. The van der Waals surface area contributed by atoms with Crippen LogP contribution < -0.4 is 16.8 Å². The number of unbranched alkanes of at least 4 members (excludes halogenated alkanes) is 1. The Hall–Kier alpha value is -1.32. The van der Waals surface area contributed by atoms with Crippen LogP contribution in [0.1, 0.15) is 26.2 Å². The van der Waals surface area contributed by atoms with Crippen molar-refractivity contribution in [2.45, 2.75) is 38.3 Å². The van der Waals surface area contributed by atoms with Gasteiger partial charge in [-0.2, -0.15) is 12.6 Å². The van der Waals surface area contributed by atoms with Crippen LogP contribution in [0.4, 0.5) is 0 Å². The maximum Gasteiger partial charge on any atom is 0.327 e. The molecule has 0 aromatic heterocycles. The second-order valence-electron chi connectivity index (χ2n) is 4.00. The Morgan fingerprint density at radius 2 is 1.75 bits per heavy atom. The summed E-state index contributed by atoms with van der Waals surface area (Å²) in [5.41, 5.74) is 10.4. The number of carboxylic acids is 2. The van der Waals surface area contributed by atoms with E-state index in [0.717, 1.165) is 12.8 Å². The van der Waals surface area contributed by atoms with Crippen molar-refractivity contribution < 1.29 is 24.6 Å². The first-order valence-electron chi connectivity index (χ1n) is 6.05. The van der Waals surface area contributed by atoms with Gasteiger partial charge in [-0.05, 0) is 19.4 Å². The van der Waals surface area contributed by atoms with Crippen LogP contribution in [0.2, 0.25) is 0 Å². The molecule has 0 radical (unpaired) electrons. The van der Waals surface area contributed by atoms with E-state index >= 15 is 0 Å². The molecule has 118 valence electrons. The fourth-order valence-corrected chi connectivity index (χ4v) is 1.31. The van der Waals surface area contributed by atoms with E-state index in [4.69, 9.17) is 21.7 Å². The third-order valence-electron chi connectivity index (χ3n) is 2.14. The number of carboxylic acid groups (broad SMARTS) is 2. The molecule has 0 saturated carbocycles. The minimum absolute atomic E-state index is 0.106. The van der Waals surface area contributed by atoms with Crippen LogP contribution in [0.25, 0.3) is 0 Å². The van der Waals surface area contributed by atoms with Crippen molar-refractivity contribution in [3.63, 3.8) is 0 Å². The molecule has 0 aromatic rings. The fraction of sp³-hybridized carbons (Fsp3) is 0.727. The monoisotopic (exact) mass is 309 g/mol. The Balaban J connectivity index is 0. The van der Waals surface area contributed by atoms with E-state index in [1.807, 2.05) is 0 Å². The first-order valence-corrected chi connectivity index (χ1v) is 6.68. The third kappa shape index (κ3) is 13.1. The number of hydrogen-bond donors (Lipinski definition) is 6. The molecule has 1 unspecified atom stereocenters. The SMILES string of the molecule is CC(=O)NC(CS)C(=O)O.NCCCC[C@H](N)C(=O)O. The van der Waals surface area contributed by atoms with Gasteiger partial charge in [-0.15, -0.1) is 0 Å². The lowest BCUT2D eigenvalue weighted by atomic mass is 10.1. The topological polar surface area (TPSA) is 156 Å². The highest BCUT2D eigenvalue weighted by Gasteiger charge is 2.15. The number of nitrogens with two attached hydrogens (primary N) is 2. The first kappa shape index (κ1) is 21.0. The van der Waals surface area contributed by atoms with Gasteiger partial charge in [0.1, 0.15) is 12.1 Å². The van der Waals surface area contributed by atoms with E-state index in [2.05, 4.69) is 17.9 Å². The number of nitrogens with one attached hydrogen (secondary N) is 1. The fourth-order valence-electron chi connectivity index (χ4n) is 1.06. The van der Waals surface area contributed by atoms with Crippen LogP contribution in [-0.2, 0) is 14.4 Å². The molecule has 0 heterocycles. The number of aliphatic carboxylic acids is 2. The number of hydrogen-bond acceptors (Lipinski definition) is 6. The summed E-state index contributed by atoms with van der Waals surface area (Å²) in [5, 5.41) is 18.9. The normalized spacial score (nSPS) is 12.6. The zero-order valence-corrected chi connectivity index (χ0v) is 12.3. The smallest absolute Gasteiger partial charge is 0.327 e. The average molecular weight is 309 g/mol. The molecule has 0 spiro atoms. The summed E-state index contributed by atoms with van der Waals surface area (Å²) >= 11 is 3.73. The van der Waals surface area contributed by atoms with Gasteiger partial charge < -0.3 is 27.0 Å². The third-order valence-corrected chi connectivity index (χ3v) is 2.51. The zero-order chi connectivity index (χ0) is 16.1. The minimum atomic E-state index is -1.06. The summed E-state index contributed by atoms with van der Waals surface area (Å²) in [6.45, 7) is 1.87. The van der Waals surface area contributed by atoms with Crippen LogP contribution in [-0.4, -0.2) is 52.4 Å². The van der Waals surface area contributed by atoms with Gasteiger partial charge in [0, 0.05) is 12.7 Å². The van der Waals surface area contributed by atoms with Crippen molar-refractivity contribution in [3.8, 4) is 0 Å². The Bertz CT molecular complexity index is 314. The molecule has 0 aromatic carbocycles. The molecule has 8 nitrogen and oxygen atoms in total. The van der Waals surface area contributed by atoms with Crippen molar-refractivity contribution in [2.24, 2.45) is 11.5 Å². The summed E-state index contributed by atoms with van der Waals surface area (Å²) in [7, 11) is 0. The van der Waals surface area contributed by atoms with Crippen molar-refractivity contribution in [1.82, 2.24) is 5.32 Å². The molecule has 20 heavy (non-hydrogen) atoms. The highest BCUT2D eigenvalue weighted by molar-refractivity contribution is 7.80. The van der Waals surface area contributed by atoms with E-state index in [0.29, 0.717) is 13.0 Å². The summed E-state index contributed by atoms with van der Waals surface area (Å²) in [4.78, 5) is 30.6. The van der Waals surface area contributed by atoms with Gasteiger partial charge in [0.2, 0.25) is 5.91 Å². The van der Waals surface area contributed by atoms with Gasteiger partial charge in [-0.3, -0.25) is 9.59 Å². The molecular formula is C11H23N3O5S. The van der Waals surface area contributed by atoms with E-state index in [9.17, 15) is 14.4 Å². The van der Waals surface area contributed by atoms with Crippen molar-refractivity contribution in [3.05, 3.63) is 0 Å². The van der Waals surface area contributed by atoms with Gasteiger partial charge in [0.15, 0.2) is 0 Å². The maximum absolute atomic E-state index is 10.3. The van der Waals surface area contributed by atoms with E-state index in [1.54, 1.807) is 0 Å². The summed E-state index contributed by atoms with van der Waals surface area (Å²) in [6.07, 6.45) is 2.16. The number of rotatable bonds is 8. The predicted molar refractivity (Wildman–Crippen MR) is 77.6 cm³/mol. The average Bonchev–Trinajstić information content (AvgIpc) is 2.36. The number of amides is 1. The summed E-state index contributed by atoms with van der Waals surface area (Å²) in [6, 6.07) is -1.59. The predicted octanol–water partition coefficient (Wildman–Crippen LogP) is -0.967. The molecular weight excluding hydrogens is 286 g/mol. The highest BCUT2D eigenvalue weighted by atomic mass is 32.1. The lowest BCUT2D eigenvalue weighted by molar-refractivity contribution is -0.141. The largest absolute Gasteiger partial charge is 0.480 e. The maximum atomic E-state index is 10.3. The Morgan fingerprint density at radius 3 is 2.00 bits per heavy atom. The quantitative estimate of drug-likeness (QED) is 0.249. The zero-order valence-electron chi connectivity index (χ0n) is 11.4. The van der Waals surface area contributed by atoms with Crippen LogP contribution >= 0.6 is 12.6 Å². The molecule has 0 bridgehead atoms. The molecule has 7 N–H and O–H groups in total. The van der Waals surface area contributed by atoms with E-state index in [-0.39, 0.29) is 11.7 Å². The molecule has 0 aliphatic heterocycles. The number of carbonyl (C=O) groups is 3. The molecule has 1 amide bonds. The van der Waals surface area contributed by atoms with Crippen LogP contribution in [0.15, 0.2) is 0 Å². The van der Waals surface area contributed by atoms with Gasteiger partial charge in [-0.1, -0.05) is 6.42 Å². The molecule has 9 heteroatoms. The van der Waals surface area contributed by atoms with Crippen molar-refractivity contribution in [1.29, 1.82) is 0 Å². The minimum Gasteiger partial charge on any atom is -0.480 e. The second kappa shape index (κ2) is 12.7. The van der Waals surface area contributed by atoms with Crippen LogP contribution in [0.3, 0.4) is 0 Å². The lowest BCUT2D eigenvalue weighted by Crippen LogP contribution is -2.40. The van der Waals surface area contributed by atoms with Gasteiger partial charge in [-0.25, -0.2) is 4.79 Å². The first-order chi connectivity index (χ1) is 9.26. The molecule has 0 aliphatic carbocycles. The van der Waals surface area contributed by atoms with E-state index in [1.165, 1.54) is 6.92 Å². The summed E-state index contributed by atoms with van der Waals surface area (Å²) in [5.74, 6) is -2.25. The molecule has 0 rings (SSSR count). The standard InChI is InChI=1S/C6H14N2O2.C5H9NO3S/c7-4-2-1-3-5(8)6(9)10;1-3(7)6-4(2-10)5(8)9/h5H,1-4,7-8H2,(H,9,10);4,10H,2H2,1H3,(H,6,7)(H,8,9)/t5-;/m0./s1. The van der Waals surface area contributed by atoms with Crippen LogP contribution in [0, 0.1) is 0 Å². The van der Waals surface area contributed by atoms with Gasteiger partial charge >= 0.3 is 11.9 Å². The van der Waals surface area contributed by atoms with Crippen LogP contribution in [0.5, 0.6) is 0 Å². The Labute approximate surface area is 123 Å². The number of carbonyl (C=O) groups excluding carboxylic acids is 1. The Kier molecular flexibility index (Phi) is 13.3. The molecule has 2 atom stereocenters. The Morgan fingerprint density at radius 1 is 1.20 bits per heavy atom. The van der Waals surface area contributed by atoms with Gasteiger partial charge in [0.05, 0.1) is 0 Å². The molecule has 0 fully saturated rings.